The van der Waals surface area contributed by atoms with Crippen LogP contribution in [-0.4, -0.2) is 0 Å². The van der Waals surface area contributed by atoms with Gasteiger partial charge in [-0.3, -0.25) is 0 Å². The lowest BCUT2D eigenvalue weighted by atomic mass is 9.67. The average molecular weight is 760 g/mol. The maximum Gasteiger partial charge on any atom is 0.0540 e. The van der Waals surface area contributed by atoms with Crippen LogP contribution in [0.5, 0.6) is 0 Å². The number of benzene rings is 8. The molecule has 4 aliphatic carbocycles. The molecule has 0 saturated carbocycles. The zero-order chi connectivity index (χ0) is 40.4. The van der Waals surface area contributed by atoms with Crippen LogP contribution in [0.15, 0.2) is 152 Å². The predicted octanol–water partition coefficient (Wildman–Crippen LogP) is 15.5. The van der Waals surface area contributed by atoms with E-state index in [4.69, 9.17) is 0 Å². The molecule has 0 fully saturated rings. The van der Waals surface area contributed by atoms with Crippen LogP contribution in [0.25, 0.3) is 55.3 Å². The highest BCUT2D eigenvalue weighted by Gasteiger charge is 2.42. The Morgan fingerprint density at radius 1 is 0.288 bits per heavy atom. The quantitative estimate of drug-likeness (QED) is 0.173. The van der Waals surface area contributed by atoms with E-state index >= 15 is 0 Å². The molecule has 0 radical (unpaired) electrons. The second-order valence-electron chi connectivity index (χ2n) is 19.7. The molecule has 59 heavy (non-hydrogen) atoms. The van der Waals surface area contributed by atoms with Crippen molar-refractivity contribution in [2.75, 3.05) is 4.90 Å². The van der Waals surface area contributed by atoms with E-state index in [0.29, 0.717) is 0 Å². The first-order valence-electron chi connectivity index (χ1n) is 21.4. The van der Waals surface area contributed by atoms with Gasteiger partial charge in [-0.1, -0.05) is 165 Å². The van der Waals surface area contributed by atoms with Crippen LogP contribution in [0.4, 0.5) is 17.1 Å². The van der Waals surface area contributed by atoms with Crippen LogP contribution >= 0.6 is 0 Å². The Kier molecular flexibility index (Phi) is 6.67. The van der Waals surface area contributed by atoms with Crippen molar-refractivity contribution in [3.63, 3.8) is 0 Å². The second kappa shape index (κ2) is 11.3. The normalized spacial score (nSPS) is 17.0. The van der Waals surface area contributed by atoms with E-state index in [1.807, 2.05) is 0 Å². The molecule has 0 atom stereocenters. The van der Waals surface area contributed by atoms with Gasteiger partial charge in [-0.2, -0.15) is 0 Å². The van der Waals surface area contributed by atoms with Crippen molar-refractivity contribution in [1.82, 2.24) is 0 Å². The lowest BCUT2D eigenvalue weighted by Gasteiger charge is -2.37. The summed E-state index contributed by atoms with van der Waals surface area (Å²) in [6.45, 7) is 19.2. The molecule has 0 bridgehead atoms. The number of anilines is 3. The predicted molar refractivity (Wildman–Crippen MR) is 249 cm³/mol. The second-order valence-corrected chi connectivity index (χ2v) is 19.7. The molecule has 4 aliphatic rings. The van der Waals surface area contributed by atoms with Crippen molar-refractivity contribution in [3.8, 4) is 44.5 Å². The van der Waals surface area contributed by atoms with E-state index in [0.717, 1.165) is 0 Å². The third-order valence-electron chi connectivity index (χ3n) is 15.3. The first-order chi connectivity index (χ1) is 28.3. The molecule has 1 heteroatoms. The van der Waals surface area contributed by atoms with Crippen molar-refractivity contribution in [3.05, 3.63) is 196 Å². The fourth-order valence-corrected chi connectivity index (χ4v) is 12.1. The van der Waals surface area contributed by atoms with Gasteiger partial charge in [0.05, 0.1) is 5.69 Å². The molecule has 12 rings (SSSR count). The maximum absolute atomic E-state index is 2.56. The SMILES string of the molecule is CC1(C)c2ccccc2-c2ccc(N(c3ccc4c(c3)C(C)(C)c3ccccc3-4)c3ccc4c5c(cccc35)C(C)(C)c3cc5c(cc3-4)C(C)(C)c3ccccc3-5)cc21. The van der Waals surface area contributed by atoms with E-state index in [-0.39, 0.29) is 21.7 Å². The van der Waals surface area contributed by atoms with E-state index in [2.05, 4.69) is 212 Å². The number of rotatable bonds is 3. The van der Waals surface area contributed by atoms with Crippen molar-refractivity contribution < 1.29 is 0 Å². The largest absolute Gasteiger partial charge is 0.310 e. The molecule has 0 saturated heterocycles. The number of hydrogen-bond donors (Lipinski definition) is 0. The van der Waals surface area contributed by atoms with Gasteiger partial charge in [-0.05, 0) is 137 Å². The smallest absolute Gasteiger partial charge is 0.0540 e. The zero-order valence-electron chi connectivity index (χ0n) is 35.4. The van der Waals surface area contributed by atoms with E-state index in [9.17, 15) is 0 Å². The molecule has 0 unspecified atom stereocenters. The molecule has 0 aromatic heterocycles. The van der Waals surface area contributed by atoms with Gasteiger partial charge in [-0.15, -0.1) is 0 Å². The number of nitrogens with zero attached hydrogens (tertiary/aromatic N) is 1. The fraction of sp³-hybridized carbons (Fsp3) is 0.207. The van der Waals surface area contributed by atoms with E-state index in [1.54, 1.807) is 0 Å². The highest BCUT2D eigenvalue weighted by molar-refractivity contribution is 6.11. The Morgan fingerprint density at radius 2 is 0.661 bits per heavy atom. The monoisotopic (exact) mass is 759 g/mol. The van der Waals surface area contributed by atoms with Gasteiger partial charge in [0, 0.05) is 38.4 Å². The first-order valence-corrected chi connectivity index (χ1v) is 21.4. The van der Waals surface area contributed by atoms with Crippen LogP contribution in [0.2, 0.25) is 0 Å². The molecular weight excluding hydrogens is 711 g/mol. The van der Waals surface area contributed by atoms with Crippen LogP contribution in [0.1, 0.15) is 99.9 Å². The van der Waals surface area contributed by atoms with E-state index < -0.39 is 0 Å². The fourth-order valence-electron chi connectivity index (χ4n) is 12.1. The standard InChI is InChI=1S/C58H49N/c1-55(2)45-20-12-9-16-36(45)39-26-24-34(30-49(39)55)59(35-25-27-40-37-17-10-13-21-46(37)56(3,4)50(40)31-35)53-29-28-41-44-33-51-43(38-18-11-14-22-47(38)57(51,5)6)32-52(44)58(7,8)48-23-15-19-42(53)54(41)48/h9-33H,1-8H3. The van der Waals surface area contributed by atoms with E-state index in [1.165, 1.54) is 117 Å². The van der Waals surface area contributed by atoms with Crippen LogP contribution in [-0.2, 0) is 21.7 Å². The molecule has 0 amide bonds. The van der Waals surface area contributed by atoms with Gasteiger partial charge in [0.15, 0.2) is 0 Å². The Morgan fingerprint density at radius 3 is 1.17 bits per heavy atom. The Balaban J connectivity index is 1.11. The topological polar surface area (TPSA) is 3.24 Å². The number of fused-ring (bicyclic) bond motifs is 11. The molecule has 8 aromatic rings. The van der Waals surface area contributed by atoms with Crippen molar-refractivity contribution >= 4 is 27.8 Å². The third kappa shape index (κ3) is 4.36. The molecule has 8 aromatic carbocycles. The molecular formula is C58H49N. The zero-order valence-corrected chi connectivity index (χ0v) is 35.4. The summed E-state index contributed by atoms with van der Waals surface area (Å²) in [5, 5.41) is 2.65. The van der Waals surface area contributed by atoms with Crippen LogP contribution in [0.3, 0.4) is 0 Å². The average Bonchev–Trinajstić information content (AvgIpc) is 3.72. The van der Waals surface area contributed by atoms with Gasteiger partial charge in [0.1, 0.15) is 0 Å². The summed E-state index contributed by atoms with van der Waals surface area (Å²) in [6.07, 6.45) is 0. The highest BCUT2D eigenvalue weighted by atomic mass is 15.1. The molecule has 0 N–H and O–H groups in total. The summed E-state index contributed by atoms with van der Waals surface area (Å²) in [6, 6.07) is 58.4. The van der Waals surface area contributed by atoms with Gasteiger partial charge in [0.25, 0.3) is 0 Å². The van der Waals surface area contributed by atoms with Crippen molar-refractivity contribution in [2.45, 2.75) is 77.0 Å². The van der Waals surface area contributed by atoms with Gasteiger partial charge in [0.2, 0.25) is 0 Å². The Hall–Kier alpha value is -6.18. The minimum atomic E-state index is -0.200. The highest BCUT2D eigenvalue weighted by Crippen LogP contribution is 2.58. The van der Waals surface area contributed by atoms with Gasteiger partial charge < -0.3 is 4.90 Å². The lowest BCUT2D eigenvalue weighted by molar-refractivity contribution is 0.639. The minimum absolute atomic E-state index is 0.0695. The summed E-state index contributed by atoms with van der Waals surface area (Å²) in [7, 11) is 0. The minimum Gasteiger partial charge on any atom is -0.310 e. The molecule has 286 valence electrons. The maximum atomic E-state index is 2.56. The van der Waals surface area contributed by atoms with Crippen LogP contribution < -0.4 is 4.90 Å². The molecule has 0 aliphatic heterocycles. The number of hydrogen-bond acceptors (Lipinski definition) is 1. The molecule has 1 nitrogen and oxygen atoms in total. The van der Waals surface area contributed by atoms with Gasteiger partial charge in [-0.25, -0.2) is 0 Å². The molecule has 0 spiro atoms. The third-order valence-corrected chi connectivity index (χ3v) is 15.3. The lowest BCUT2D eigenvalue weighted by Crippen LogP contribution is -2.25. The Bertz CT molecular complexity index is 3060. The van der Waals surface area contributed by atoms with Crippen molar-refractivity contribution in [2.24, 2.45) is 0 Å². The van der Waals surface area contributed by atoms with Crippen molar-refractivity contribution in [1.29, 1.82) is 0 Å². The summed E-state index contributed by atoms with van der Waals surface area (Å²) >= 11 is 0. The summed E-state index contributed by atoms with van der Waals surface area (Å²) in [4.78, 5) is 2.56. The first kappa shape index (κ1) is 34.8. The van der Waals surface area contributed by atoms with Gasteiger partial charge >= 0.3 is 0 Å². The Labute approximate surface area is 349 Å². The summed E-state index contributed by atoms with van der Waals surface area (Å²) in [5.74, 6) is 0. The summed E-state index contributed by atoms with van der Waals surface area (Å²) in [5.41, 5.74) is 25.1. The van der Waals surface area contributed by atoms with Crippen LogP contribution in [0, 0.1) is 0 Å². The summed E-state index contributed by atoms with van der Waals surface area (Å²) < 4.78 is 0. The molecule has 0 heterocycles.